The molecule has 0 saturated carbocycles. The van der Waals surface area contributed by atoms with E-state index in [4.69, 9.17) is 5.73 Å². The second kappa shape index (κ2) is 4.49. The van der Waals surface area contributed by atoms with Gasteiger partial charge in [-0.1, -0.05) is 6.07 Å². The topological polar surface area (TPSA) is 71.2 Å². The van der Waals surface area contributed by atoms with E-state index in [1.807, 2.05) is 6.07 Å². The molecule has 0 aliphatic carbocycles. The van der Waals surface area contributed by atoms with Gasteiger partial charge >= 0.3 is 6.03 Å². The maximum Gasteiger partial charge on any atom is 0.317 e. The van der Waals surface area contributed by atoms with Crippen molar-refractivity contribution < 1.29 is 4.79 Å². The molecule has 1 aromatic rings. The van der Waals surface area contributed by atoms with E-state index in [0.29, 0.717) is 11.9 Å². The Bertz CT molecular complexity index is 376. The zero-order chi connectivity index (χ0) is 11.5. The highest BCUT2D eigenvalue weighted by atomic mass is 16.2. The quantitative estimate of drug-likeness (QED) is 0.790. The lowest BCUT2D eigenvalue weighted by Crippen LogP contribution is -2.20. The van der Waals surface area contributed by atoms with Crippen molar-refractivity contribution >= 4 is 11.8 Å². The second-order valence-electron chi connectivity index (χ2n) is 4.10. The average molecular weight is 220 g/mol. The summed E-state index contributed by atoms with van der Waals surface area (Å²) in [4.78, 5) is 17.1. The zero-order valence-corrected chi connectivity index (χ0v) is 9.31. The van der Waals surface area contributed by atoms with Crippen LogP contribution in [0.25, 0.3) is 0 Å². The number of aromatic nitrogens is 1. The van der Waals surface area contributed by atoms with Crippen molar-refractivity contribution in [3.05, 3.63) is 23.9 Å². The Morgan fingerprint density at radius 3 is 2.94 bits per heavy atom. The van der Waals surface area contributed by atoms with Crippen LogP contribution in [0.15, 0.2) is 18.3 Å². The summed E-state index contributed by atoms with van der Waals surface area (Å²) in [6.07, 6.45) is 4.20. The summed E-state index contributed by atoms with van der Waals surface area (Å²) in [6.45, 7) is 1.13. The van der Waals surface area contributed by atoms with Crippen molar-refractivity contribution in [2.45, 2.75) is 18.9 Å². The van der Waals surface area contributed by atoms with Crippen LogP contribution < -0.4 is 11.1 Å². The summed E-state index contributed by atoms with van der Waals surface area (Å²) in [5.41, 5.74) is 6.20. The minimum Gasteiger partial charge on any atom is -0.351 e. The maximum atomic E-state index is 10.6. The molecule has 1 fully saturated rings. The van der Waals surface area contributed by atoms with Crippen LogP contribution >= 0.6 is 0 Å². The Balaban J connectivity index is 2.09. The first-order valence-electron chi connectivity index (χ1n) is 5.39. The van der Waals surface area contributed by atoms with Crippen molar-refractivity contribution in [3.63, 3.8) is 0 Å². The number of likely N-dealkylation sites (tertiary alicyclic amines) is 1. The van der Waals surface area contributed by atoms with Crippen molar-refractivity contribution in [2.75, 3.05) is 18.9 Å². The Morgan fingerprint density at radius 1 is 1.62 bits per heavy atom. The number of hydrogen-bond acceptors (Lipinski definition) is 3. The standard InChI is InChI=1S/C11H16N4O/c1-15-6-2-3-9(15)8-4-5-10(13-7-8)14-11(12)16/h4-5,7,9H,2-3,6H2,1H3,(H3,12,13,14,16). The van der Waals surface area contributed by atoms with Gasteiger partial charge in [-0.15, -0.1) is 0 Å². The summed E-state index contributed by atoms with van der Waals surface area (Å²) < 4.78 is 0. The molecule has 0 radical (unpaired) electrons. The minimum atomic E-state index is -0.585. The number of rotatable bonds is 2. The van der Waals surface area contributed by atoms with Crippen molar-refractivity contribution in [3.8, 4) is 0 Å². The number of primary amides is 1. The summed E-state index contributed by atoms with van der Waals surface area (Å²) in [5, 5.41) is 2.45. The van der Waals surface area contributed by atoms with Gasteiger partial charge in [-0.3, -0.25) is 10.2 Å². The van der Waals surface area contributed by atoms with Crippen LogP contribution in [0.5, 0.6) is 0 Å². The summed E-state index contributed by atoms with van der Waals surface area (Å²) >= 11 is 0. The molecule has 1 aliphatic rings. The number of amides is 2. The minimum absolute atomic E-state index is 0.454. The molecule has 0 spiro atoms. The molecule has 0 aromatic carbocycles. The predicted octanol–water partition coefficient (Wildman–Crippen LogP) is 1.34. The number of urea groups is 1. The fourth-order valence-electron chi connectivity index (χ4n) is 2.13. The van der Waals surface area contributed by atoms with Crippen LogP contribution in [0.4, 0.5) is 10.6 Å². The summed E-state index contributed by atoms with van der Waals surface area (Å²) in [7, 11) is 2.12. The third-order valence-electron chi connectivity index (χ3n) is 2.94. The molecule has 5 heteroatoms. The van der Waals surface area contributed by atoms with Gasteiger partial charge in [0.15, 0.2) is 0 Å². The molecule has 2 amide bonds. The molecule has 1 aliphatic heterocycles. The van der Waals surface area contributed by atoms with E-state index in [9.17, 15) is 4.79 Å². The Hall–Kier alpha value is -1.62. The SMILES string of the molecule is CN1CCCC1c1ccc(NC(N)=O)nc1. The molecule has 16 heavy (non-hydrogen) atoms. The van der Waals surface area contributed by atoms with Crippen molar-refractivity contribution in [1.29, 1.82) is 0 Å². The van der Waals surface area contributed by atoms with Crippen molar-refractivity contribution in [1.82, 2.24) is 9.88 Å². The highest BCUT2D eigenvalue weighted by molar-refractivity contribution is 5.86. The zero-order valence-electron chi connectivity index (χ0n) is 9.31. The van der Waals surface area contributed by atoms with Gasteiger partial charge in [0.25, 0.3) is 0 Å². The van der Waals surface area contributed by atoms with Gasteiger partial charge in [-0.25, -0.2) is 9.78 Å². The summed E-state index contributed by atoms with van der Waals surface area (Å²) in [6, 6.07) is 3.64. The van der Waals surface area contributed by atoms with Gasteiger partial charge in [0.05, 0.1) is 0 Å². The number of carbonyl (C=O) groups is 1. The van der Waals surface area contributed by atoms with Gasteiger partial charge < -0.3 is 5.73 Å². The molecule has 1 saturated heterocycles. The number of carbonyl (C=O) groups excluding carboxylic acids is 1. The van der Waals surface area contributed by atoms with E-state index in [1.165, 1.54) is 18.4 Å². The molecular formula is C11H16N4O. The van der Waals surface area contributed by atoms with Crippen molar-refractivity contribution in [2.24, 2.45) is 5.73 Å². The molecule has 1 aromatic heterocycles. The van der Waals surface area contributed by atoms with E-state index in [1.54, 1.807) is 12.3 Å². The van der Waals surface area contributed by atoms with E-state index < -0.39 is 6.03 Å². The lowest BCUT2D eigenvalue weighted by Gasteiger charge is -2.19. The van der Waals surface area contributed by atoms with E-state index in [2.05, 4.69) is 22.2 Å². The summed E-state index contributed by atoms with van der Waals surface area (Å²) in [5.74, 6) is 0.497. The van der Waals surface area contributed by atoms with Gasteiger partial charge in [0, 0.05) is 12.2 Å². The molecule has 0 bridgehead atoms. The van der Waals surface area contributed by atoms with Crippen LogP contribution in [0.3, 0.4) is 0 Å². The van der Waals surface area contributed by atoms with E-state index in [-0.39, 0.29) is 0 Å². The molecule has 5 nitrogen and oxygen atoms in total. The monoisotopic (exact) mass is 220 g/mol. The Morgan fingerprint density at radius 2 is 2.44 bits per heavy atom. The van der Waals surface area contributed by atoms with Crippen LogP contribution in [0, 0.1) is 0 Å². The fourth-order valence-corrected chi connectivity index (χ4v) is 2.13. The van der Waals surface area contributed by atoms with Crippen LogP contribution in [-0.2, 0) is 0 Å². The molecular weight excluding hydrogens is 204 g/mol. The van der Waals surface area contributed by atoms with Gasteiger partial charge in [-0.05, 0) is 38.1 Å². The number of nitrogens with two attached hydrogens (primary N) is 1. The number of nitrogens with one attached hydrogen (secondary N) is 1. The molecule has 2 heterocycles. The smallest absolute Gasteiger partial charge is 0.317 e. The lowest BCUT2D eigenvalue weighted by molar-refractivity contribution is 0.259. The van der Waals surface area contributed by atoms with Gasteiger partial charge in [-0.2, -0.15) is 0 Å². The number of anilines is 1. The van der Waals surface area contributed by atoms with Gasteiger partial charge in [0.2, 0.25) is 0 Å². The predicted molar refractivity (Wildman–Crippen MR) is 62.0 cm³/mol. The third kappa shape index (κ3) is 2.30. The highest BCUT2D eigenvalue weighted by Crippen LogP contribution is 2.29. The largest absolute Gasteiger partial charge is 0.351 e. The Labute approximate surface area is 94.6 Å². The molecule has 1 unspecified atom stereocenters. The molecule has 86 valence electrons. The van der Waals surface area contributed by atoms with Gasteiger partial charge in [0.1, 0.15) is 5.82 Å². The fraction of sp³-hybridized carbons (Fsp3) is 0.455. The highest BCUT2D eigenvalue weighted by Gasteiger charge is 2.22. The molecule has 2 rings (SSSR count). The first-order chi connectivity index (χ1) is 7.66. The lowest BCUT2D eigenvalue weighted by atomic mass is 10.1. The van der Waals surface area contributed by atoms with Crippen LogP contribution in [-0.4, -0.2) is 29.5 Å². The first-order valence-corrected chi connectivity index (χ1v) is 5.39. The van der Waals surface area contributed by atoms with E-state index in [0.717, 1.165) is 6.54 Å². The molecule has 3 N–H and O–H groups in total. The number of pyridine rings is 1. The number of nitrogens with zero attached hydrogens (tertiary/aromatic N) is 2. The third-order valence-corrected chi connectivity index (χ3v) is 2.94. The number of hydrogen-bond donors (Lipinski definition) is 2. The Kier molecular flexibility index (Phi) is 3.05. The molecule has 1 atom stereocenters. The maximum absolute atomic E-state index is 10.6. The average Bonchev–Trinajstić information content (AvgIpc) is 2.65. The second-order valence-corrected chi connectivity index (χ2v) is 4.10. The first kappa shape index (κ1) is 10.9. The van der Waals surface area contributed by atoms with Crippen LogP contribution in [0.1, 0.15) is 24.4 Å². The van der Waals surface area contributed by atoms with E-state index >= 15 is 0 Å². The van der Waals surface area contributed by atoms with Crippen LogP contribution in [0.2, 0.25) is 0 Å². The normalized spacial score (nSPS) is 20.9.